The van der Waals surface area contributed by atoms with Gasteiger partial charge in [-0.2, -0.15) is 11.3 Å². The lowest BCUT2D eigenvalue weighted by molar-refractivity contribution is -0.116. The van der Waals surface area contributed by atoms with Crippen LogP contribution in [0.1, 0.15) is 19.2 Å². The molecule has 0 aliphatic rings. The smallest absolute Gasteiger partial charge is 0.248 e. The van der Waals surface area contributed by atoms with Gasteiger partial charge in [0.2, 0.25) is 23.6 Å². The monoisotopic (exact) mass is 356 g/mol. The Kier molecular flexibility index (Phi) is 5.20. The normalized spacial score (nSPS) is 10.4. The van der Waals surface area contributed by atoms with Gasteiger partial charge in [-0.25, -0.2) is 0 Å². The van der Waals surface area contributed by atoms with Crippen molar-refractivity contribution in [2.45, 2.75) is 19.8 Å². The molecular formula is C17H16N4O3S. The zero-order valence-corrected chi connectivity index (χ0v) is 14.3. The van der Waals surface area contributed by atoms with Crippen molar-refractivity contribution in [3.63, 3.8) is 0 Å². The van der Waals surface area contributed by atoms with Crippen molar-refractivity contribution in [2.24, 2.45) is 0 Å². The summed E-state index contributed by atoms with van der Waals surface area (Å²) >= 11 is 1.55. The predicted molar refractivity (Wildman–Crippen MR) is 95.3 cm³/mol. The Balaban J connectivity index is 1.54. The van der Waals surface area contributed by atoms with E-state index >= 15 is 0 Å². The summed E-state index contributed by atoms with van der Waals surface area (Å²) in [5, 5.41) is 17.2. The Labute approximate surface area is 148 Å². The molecule has 2 heterocycles. The minimum absolute atomic E-state index is 0.165. The molecule has 2 N–H and O–H groups in total. The fraction of sp³-hybridized carbons (Fsp3) is 0.176. The maximum Gasteiger partial charge on any atom is 0.248 e. The Hall–Kier alpha value is -3.00. The number of thiophene rings is 1. The second kappa shape index (κ2) is 7.71. The van der Waals surface area contributed by atoms with E-state index in [2.05, 4.69) is 20.8 Å². The van der Waals surface area contributed by atoms with Gasteiger partial charge in [-0.1, -0.05) is 6.07 Å². The number of aromatic nitrogens is 2. The molecule has 0 spiro atoms. The topological polar surface area (TPSA) is 97.1 Å². The first-order chi connectivity index (χ1) is 12.1. The van der Waals surface area contributed by atoms with Crippen LogP contribution in [0.15, 0.2) is 45.5 Å². The highest BCUT2D eigenvalue weighted by molar-refractivity contribution is 7.08. The van der Waals surface area contributed by atoms with Crippen molar-refractivity contribution in [3.05, 3.63) is 47.0 Å². The minimum Gasteiger partial charge on any atom is -0.421 e. The fourth-order valence-electron chi connectivity index (χ4n) is 2.18. The predicted octanol–water partition coefficient (Wildman–Crippen LogP) is 3.33. The molecule has 0 saturated heterocycles. The summed E-state index contributed by atoms with van der Waals surface area (Å²) in [6, 6.07) is 8.86. The molecule has 7 nitrogen and oxygen atoms in total. The second-order valence-corrected chi connectivity index (χ2v) is 6.10. The van der Waals surface area contributed by atoms with E-state index in [0.29, 0.717) is 29.6 Å². The van der Waals surface area contributed by atoms with Gasteiger partial charge in [0.05, 0.1) is 0 Å². The van der Waals surface area contributed by atoms with Crippen LogP contribution in [0.3, 0.4) is 0 Å². The van der Waals surface area contributed by atoms with Crippen molar-refractivity contribution < 1.29 is 14.0 Å². The lowest BCUT2D eigenvalue weighted by Gasteiger charge is -2.07. The summed E-state index contributed by atoms with van der Waals surface area (Å²) in [5.74, 6) is 0.541. The number of hydrogen-bond acceptors (Lipinski definition) is 6. The number of nitrogens with one attached hydrogen (secondary N) is 2. The fourth-order valence-corrected chi connectivity index (χ4v) is 2.81. The first-order valence-electron chi connectivity index (χ1n) is 7.62. The highest BCUT2D eigenvalue weighted by Crippen LogP contribution is 2.21. The molecule has 0 bridgehead atoms. The maximum absolute atomic E-state index is 12.1. The number of benzene rings is 1. The maximum atomic E-state index is 12.1. The van der Waals surface area contributed by atoms with E-state index in [1.54, 1.807) is 35.6 Å². The summed E-state index contributed by atoms with van der Waals surface area (Å²) in [6.07, 6.45) is 0.573. The van der Waals surface area contributed by atoms with E-state index in [1.807, 2.05) is 16.8 Å². The largest absolute Gasteiger partial charge is 0.421 e. The van der Waals surface area contributed by atoms with Gasteiger partial charge >= 0.3 is 0 Å². The average Bonchev–Trinajstić information content (AvgIpc) is 3.24. The molecule has 0 radical (unpaired) electrons. The molecule has 0 aliphatic carbocycles. The lowest BCUT2D eigenvalue weighted by atomic mass is 10.2. The number of amides is 2. The molecule has 0 unspecified atom stereocenters. The molecule has 128 valence electrons. The highest BCUT2D eigenvalue weighted by atomic mass is 32.1. The van der Waals surface area contributed by atoms with Crippen molar-refractivity contribution >= 4 is 34.5 Å². The van der Waals surface area contributed by atoms with Crippen molar-refractivity contribution in [3.8, 4) is 11.5 Å². The first kappa shape index (κ1) is 16.8. The van der Waals surface area contributed by atoms with Gasteiger partial charge in [0.1, 0.15) is 0 Å². The van der Waals surface area contributed by atoms with Crippen LogP contribution in [0.5, 0.6) is 0 Å². The Bertz CT molecular complexity index is 874. The summed E-state index contributed by atoms with van der Waals surface area (Å²) in [6.45, 7) is 1.43. The van der Waals surface area contributed by atoms with Crippen molar-refractivity contribution in [1.82, 2.24) is 10.2 Å². The van der Waals surface area contributed by atoms with E-state index in [4.69, 9.17) is 4.42 Å². The number of hydrogen-bond donors (Lipinski definition) is 2. The third-order valence-electron chi connectivity index (χ3n) is 3.27. The van der Waals surface area contributed by atoms with Crippen LogP contribution in [0.25, 0.3) is 11.5 Å². The summed E-state index contributed by atoms with van der Waals surface area (Å²) in [5.41, 5.74) is 2.12. The molecule has 0 aliphatic heterocycles. The molecule has 2 aromatic heterocycles. The van der Waals surface area contributed by atoms with E-state index in [0.717, 1.165) is 5.56 Å². The molecule has 3 rings (SSSR count). The average molecular weight is 356 g/mol. The van der Waals surface area contributed by atoms with Crippen LogP contribution in [0.4, 0.5) is 11.4 Å². The minimum atomic E-state index is -0.171. The molecule has 3 aromatic rings. The molecule has 8 heteroatoms. The third-order valence-corrected chi connectivity index (χ3v) is 3.95. The Morgan fingerprint density at radius 1 is 1.16 bits per heavy atom. The van der Waals surface area contributed by atoms with Crippen LogP contribution in [-0.4, -0.2) is 22.0 Å². The van der Waals surface area contributed by atoms with Gasteiger partial charge in [-0.05, 0) is 29.6 Å². The number of anilines is 2. The number of aryl methyl sites for hydroxylation is 1. The van der Waals surface area contributed by atoms with Gasteiger partial charge in [0, 0.05) is 42.1 Å². The Morgan fingerprint density at radius 2 is 1.96 bits per heavy atom. The van der Waals surface area contributed by atoms with Crippen LogP contribution < -0.4 is 10.6 Å². The first-order valence-corrected chi connectivity index (χ1v) is 8.57. The molecule has 0 fully saturated rings. The zero-order valence-electron chi connectivity index (χ0n) is 13.5. The molecular weight excluding hydrogens is 340 g/mol. The molecule has 1 aromatic carbocycles. The van der Waals surface area contributed by atoms with Gasteiger partial charge in [0.15, 0.2) is 0 Å². The molecule has 0 atom stereocenters. The van der Waals surface area contributed by atoms with Crippen molar-refractivity contribution in [1.29, 1.82) is 0 Å². The van der Waals surface area contributed by atoms with Gasteiger partial charge < -0.3 is 15.1 Å². The molecule has 0 saturated carbocycles. The zero-order chi connectivity index (χ0) is 17.6. The standard InChI is InChI=1S/C17H16N4O3S/c1-11(22)18-13-3-2-4-14(9-13)19-15(23)5-6-16-20-21-17(24-16)12-7-8-25-10-12/h2-4,7-10H,5-6H2,1H3,(H,18,22)(H,19,23). The van der Waals surface area contributed by atoms with E-state index in [9.17, 15) is 9.59 Å². The van der Waals surface area contributed by atoms with Gasteiger partial charge in [-0.3, -0.25) is 9.59 Å². The van der Waals surface area contributed by atoms with Gasteiger partial charge in [-0.15, -0.1) is 10.2 Å². The van der Waals surface area contributed by atoms with Crippen LogP contribution in [-0.2, 0) is 16.0 Å². The number of carbonyl (C=O) groups is 2. The molecule has 25 heavy (non-hydrogen) atoms. The Morgan fingerprint density at radius 3 is 2.68 bits per heavy atom. The number of rotatable bonds is 6. The number of carbonyl (C=O) groups excluding carboxylic acids is 2. The van der Waals surface area contributed by atoms with Crippen LogP contribution in [0, 0.1) is 0 Å². The molecule has 2 amide bonds. The summed E-state index contributed by atoms with van der Waals surface area (Å²) in [7, 11) is 0. The quantitative estimate of drug-likeness (QED) is 0.706. The van der Waals surface area contributed by atoms with Crippen molar-refractivity contribution in [2.75, 3.05) is 10.6 Å². The van der Waals surface area contributed by atoms with Gasteiger partial charge in [0.25, 0.3) is 0 Å². The van der Waals surface area contributed by atoms with E-state index in [-0.39, 0.29) is 18.2 Å². The van der Waals surface area contributed by atoms with E-state index in [1.165, 1.54) is 6.92 Å². The second-order valence-electron chi connectivity index (χ2n) is 5.32. The highest BCUT2D eigenvalue weighted by Gasteiger charge is 2.11. The lowest BCUT2D eigenvalue weighted by Crippen LogP contribution is -2.13. The van der Waals surface area contributed by atoms with Crippen LogP contribution >= 0.6 is 11.3 Å². The van der Waals surface area contributed by atoms with E-state index < -0.39 is 0 Å². The summed E-state index contributed by atoms with van der Waals surface area (Å²) in [4.78, 5) is 23.1. The third kappa shape index (κ3) is 4.74. The SMILES string of the molecule is CC(=O)Nc1cccc(NC(=O)CCc2nnc(-c3ccsc3)o2)c1. The van der Waals surface area contributed by atoms with Crippen LogP contribution in [0.2, 0.25) is 0 Å². The summed E-state index contributed by atoms with van der Waals surface area (Å²) < 4.78 is 5.55. The number of nitrogens with zero attached hydrogens (tertiary/aromatic N) is 2.